The molecule has 0 radical (unpaired) electrons. The van der Waals surface area contributed by atoms with Crippen molar-refractivity contribution in [2.45, 2.75) is 51.2 Å². The van der Waals surface area contributed by atoms with Crippen molar-refractivity contribution in [2.75, 3.05) is 20.8 Å². The largest absolute Gasteiger partial charge is 0.497 e. The topological polar surface area (TPSA) is 30.5 Å². The third-order valence-corrected chi connectivity index (χ3v) is 4.57. The molecule has 2 unspecified atom stereocenters. The van der Waals surface area contributed by atoms with Crippen molar-refractivity contribution in [2.24, 2.45) is 5.92 Å². The maximum absolute atomic E-state index is 6.15. The highest BCUT2D eigenvalue weighted by atomic mass is 16.5. The van der Waals surface area contributed by atoms with Gasteiger partial charge in [-0.2, -0.15) is 0 Å². The molecule has 0 saturated heterocycles. The van der Waals surface area contributed by atoms with Gasteiger partial charge in [-0.1, -0.05) is 31.4 Å². The summed E-state index contributed by atoms with van der Waals surface area (Å²) in [4.78, 5) is 0. The maximum atomic E-state index is 6.15. The Hall–Kier alpha value is -1.06. The van der Waals surface area contributed by atoms with Crippen LogP contribution in [-0.2, 0) is 4.74 Å². The first-order valence-corrected chi connectivity index (χ1v) is 8.17. The van der Waals surface area contributed by atoms with Crippen LogP contribution >= 0.6 is 0 Å². The van der Waals surface area contributed by atoms with Gasteiger partial charge < -0.3 is 14.8 Å². The number of benzene rings is 1. The zero-order valence-electron chi connectivity index (χ0n) is 13.6. The van der Waals surface area contributed by atoms with E-state index in [1.807, 2.05) is 19.2 Å². The monoisotopic (exact) mass is 291 g/mol. The zero-order chi connectivity index (χ0) is 15.1. The van der Waals surface area contributed by atoms with E-state index in [9.17, 15) is 0 Å². The average Bonchev–Trinajstić information content (AvgIpc) is 2.55. The number of rotatable bonds is 7. The Balaban J connectivity index is 1.88. The van der Waals surface area contributed by atoms with Crippen LogP contribution in [0.1, 0.15) is 50.6 Å². The Bertz CT molecular complexity index is 398. The second-order valence-corrected chi connectivity index (χ2v) is 6.08. The predicted octanol–water partition coefficient (Wildman–Crippen LogP) is 3.94. The number of hydrogen-bond acceptors (Lipinski definition) is 3. The van der Waals surface area contributed by atoms with Crippen molar-refractivity contribution in [3.8, 4) is 5.75 Å². The molecule has 2 atom stereocenters. The van der Waals surface area contributed by atoms with Crippen LogP contribution < -0.4 is 10.1 Å². The van der Waals surface area contributed by atoms with E-state index in [1.54, 1.807) is 7.11 Å². The van der Waals surface area contributed by atoms with Crippen LogP contribution in [0.4, 0.5) is 0 Å². The summed E-state index contributed by atoms with van der Waals surface area (Å²) < 4.78 is 11.4. The Morgan fingerprint density at radius 1 is 1.14 bits per heavy atom. The fourth-order valence-corrected chi connectivity index (χ4v) is 3.22. The molecule has 0 bridgehead atoms. The van der Waals surface area contributed by atoms with E-state index in [-0.39, 0.29) is 12.1 Å². The van der Waals surface area contributed by atoms with Gasteiger partial charge in [0.05, 0.1) is 19.3 Å². The molecule has 0 amide bonds. The SMILES string of the molecule is CNC(c1ccc(OC)cc1)C(C)OCC1CCCCC1. The Morgan fingerprint density at radius 2 is 1.81 bits per heavy atom. The summed E-state index contributed by atoms with van der Waals surface area (Å²) in [6.07, 6.45) is 6.98. The van der Waals surface area contributed by atoms with Gasteiger partial charge in [0.25, 0.3) is 0 Å². The zero-order valence-corrected chi connectivity index (χ0v) is 13.6. The summed E-state index contributed by atoms with van der Waals surface area (Å²) in [6, 6.07) is 8.46. The average molecular weight is 291 g/mol. The number of ether oxygens (including phenoxy) is 2. The van der Waals surface area contributed by atoms with Crippen molar-refractivity contribution in [3.63, 3.8) is 0 Å². The van der Waals surface area contributed by atoms with E-state index in [1.165, 1.54) is 37.7 Å². The van der Waals surface area contributed by atoms with Gasteiger partial charge in [-0.05, 0) is 50.4 Å². The molecule has 1 aromatic carbocycles. The van der Waals surface area contributed by atoms with Crippen LogP contribution in [0.3, 0.4) is 0 Å². The molecule has 2 rings (SSSR count). The third-order valence-electron chi connectivity index (χ3n) is 4.57. The highest BCUT2D eigenvalue weighted by Gasteiger charge is 2.21. The third kappa shape index (κ3) is 4.72. The minimum absolute atomic E-state index is 0.172. The molecular weight excluding hydrogens is 262 g/mol. The molecule has 0 aliphatic heterocycles. The molecule has 0 heterocycles. The van der Waals surface area contributed by atoms with Crippen molar-refractivity contribution in [3.05, 3.63) is 29.8 Å². The summed E-state index contributed by atoms with van der Waals surface area (Å²) in [7, 11) is 3.69. The van der Waals surface area contributed by atoms with Crippen LogP contribution in [0.25, 0.3) is 0 Å². The molecule has 0 spiro atoms. The second-order valence-electron chi connectivity index (χ2n) is 6.08. The first kappa shape index (κ1) is 16.3. The highest BCUT2D eigenvalue weighted by molar-refractivity contribution is 5.29. The molecule has 1 N–H and O–H groups in total. The lowest BCUT2D eigenvalue weighted by atomic mass is 9.90. The van der Waals surface area contributed by atoms with Crippen LogP contribution in [0.15, 0.2) is 24.3 Å². The van der Waals surface area contributed by atoms with E-state index in [0.717, 1.165) is 18.3 Å². The molecule has 118 valence electrons. The van der Waals surface area contributed by atoms with Crippen LogP contribution in [0.5, 0.6) is 5.75 Å². The van der Waals surface area contributed by atoms with Gasteiger partial charge in [0.2, 0.25) is 0 Å². The maximum Gasteiger partial charge on any atom is 0.118 e. The number of methoxy groups -OCH3 is 1. The van der Waals surface area contributed by atoms with Crippen molar-refractivity contribution in [1.29, 1.82) is 0 Å². The summed E-state index contributed by atoms with van der Waals surface area (Å²) in [5, 5.41) is 3.38. The molecule has 0 aromatic heterocycles. The molecule has 1 fully saturated rings. The van der Waals surface area contributed by atoms with E-state index in [0.29, 0.717) is 0 Å². The summed E-state index contributed by atoms with van der Waals surface area (Å²) in [6.45, 7) is 3.06. The highest BCUT2D eigenvalue weighted by Crippen LogP contribution is 2.26. The summed E-state index contributed by atoms with van der Waals surface area (Å²) >= 11 is 0. The molecular formula is C18H29NO2. The number of likely N-dealkylation sites (N-methyl/N-ethyl adjacent to an activating group) is 1. The molecule has 1 aliphatic carbocycles. The van der Waals surface area contributed by atoms with Gasteiger partial charge in [-0.15, -0.1) is 0 Å². The van der Waals surface area contributed by atoms with Crippen LogP contribution in [-0.4, -0.2) is 26.9 Å². The van der Waals surface area contributed by atoms with E-state index >= 15 is 0 Å². The first-order valence-electron chi connectivity index (χ1n) is 8.17. The van der Waals surface area contributed by atoms with Gasteiger partial charge in [0.1, 0.15) is 5.75 Å². The van der Waals surface area contributed by atoms with E-state index < -0.39 is 0 Å². The van der Waals surface area contributed by atoms with Crippen molar-refractivity contribution < 1.29 is 9.47 Å². The van der Waals surface area contributed by atoms with Gasteiger partial charge in [-0.25, -0.2) is 0 Å². The van der Waals surface area contributed by atoms with E-state index in [4.69, 9.17) is 9.47 Å². The lowest BCUT2D eigenvalue weighted by Crippen LogP contribution is -2.31. The first-order chi connectivity index (χ1) is 10.2. The van der Waals surface area contributed by atoms with Crippen LogP contribution in [0, 0.1) is 5.92 Å². The summed E-state index contributed by atoms with van der Waals surface area (Å²) in [5.74, 6) is 1.65. The van der Waals surface area contributed by atoms with Gasteiger partial charge in [-0.3, -0.25) is 0 Å². The molecule has 1 aliphatic rings. The quantitative estimate of drug-likeness (QED) is 0.825. The van der Waals surface area contributed by atoms with Crippen molar-refractivity contribution in [1.82, 2.24) is 5.32 Å². The molecule has 3 heteroatoms. The fourth-order valence-electron chi connectivity index (χ4n) is 3.22. The van der Waals surface area contributed by atoms with Crippen LogP contribution in [0.2, 0.25) is 0 Å². The Morgan fingerprint density at radius 3 is 2.38 bits per heavy atom. The molecule has 1 saturated carbocycles. The van der Waals surface area contributed by atoms with Gasteiger partial charge in [0.15, 0.2) is 0 Å². The van der Waals surface area contributed by atoms with Crippen molar-refractivity contribution >= 4 is 0 Å². The number of nitrogens with one attached hydrogen (secondary N) is 1. The smallest absolute Gasteiger partial charge is 0.118 e. The standard InChI is InChI=1S/C18H29NO2/c1-14(21-13-15-7-5-4-6-8-15)18(19-2)16-9-11-17(20-3)12-10-16/h9-12,14-15,18-19H,4-8,13H2,1-3H3. The minimum Gasteiger partial charge on any atom is -0.497 e. The minimum atomic E-state index is 0.172. The lowest BCUT2D eigenvalue weighted by Gasteiger charge is -2.28. The molecule has 1 aromatic rings. The predicted molar refractivity (Wildman–Crippen MR) is 86.8 cm³/mol. The Labute approximate surface area is 129 Å². The normalized spacial score (nSPS) is 19.2. The summed E-state index contributed by atoms with van der Waals surface area (Å²) in [5.41, 5.74) is 1.24. The fraction of sp³-hybridized carbons (Fsp3) is 0.667. The number of hydrogen-bond donors (Lipinski definition) is 1. The lowest BCUT2D eigenvalue weighted by molar-refractivity contribution is 0.0108. The van der Waals surface area contributed by atoms with E-state index in [2.05, 4.69) is 24.4 Å². The molecule has 3 nitrogen and oxygen atoms in total. The molecule has 21 heavy (non-hydrogen) atoms. The Kier molecular flexibility index (Phi) is 6.52. The van der Waals surface area contributed by atoms with Gasteiger partial charge in [0, 0.05) is 6.61 Å². The second kappa shape index (κ2) is 8.40. The van der Waals surface area contributed by atoms with Gasteiger partial charge >= 0.3 is 0 Å².